The maximum absolute atomic E-state index is 14.7. The number of rotatable bonds is 5. The lowest BCUT2D eigenvalue weighted by molar-refractivity contribution is 0.170. The van der Waals surface area contributed by atoms with Crippen LogP contribution >= 0.6 is 0 Å². The van der Waals surface area contributed by atoms with Gasteiger partial charge in [0.05, 0.1) is 0 Å². The second-order valence-corrected chi connectivity index (χ2v) is 6.99. The lowest BCUT2D eigenvalue weighted by atomic mass is 9.82. The number of aromatic nitrogens is 2. The lowest BCUT2D eigenvalue weighted by Crippen LogP contribution is -2.29. The van der Waals surface area contributed by atoms with Crippen molar-refractivity contribution in [2.24, 2.45) is 11.8 Å². The third kappa shape index (κ3) is 3.74. The fraction of sp³-hybridized carbons (Fsp3) is 0.765. The molecule has 1 aliphatic heterocycles. The summed E-state index contributed by atoms with van der Waals surface area (Å²) in [4.78, 5) is 10.3. The second kappa shape index (κ2) is 7.43. The average Bonchev–Trinajstić information content (AvgIpc) is 3.00. The third-order valence-corrected chi connectivity index (χ3v) is 5.38. The summed E-state index contributed by atoms with van der Waals surface area (Å²) in [6, 6.07) is 0.334. The van der Waals surface area contributed by atoms with Gasteiger partial charge in [0.15, 0.2) is 11.6 Å². The van der Waals surface area contributed by atoms with Crippen molar-refractivity contribution in [1.29, 1.82) is 0 Å². The van der Waals surface area contributed by atoms with Crippen LogP contribution in [0.1, 0.15) is 45.4 Å². The Balaban J connectivity index is 1.60. The molecule has 2 aliphatic rings. The first-order valence-corrected chi connectivity index (χ1v) is 8.81. The van der Waals surface area contributed by atoms with Crippen LogP contribution in [0, 0.1) is 17.7 Å². The summed E-state index contributed by atoms with van der Waals surface area (Å²) >= 11 is 0. The average molecular weight is 322 g/mol. The zero-order valence-corrected chi connectivity index (χ0v) is 13.8. The number of hydrogen-bond donors (Lipinski definition) is 2. The minimum absolute atomic E-state index is 0.290. The molecule has 1 saturated carbocycles. The molecule has 23 heavy (non-hydrogen) atoms. The Kier molecular flexibility index (Phi) is 5.30. The number of aliphatic hydroxyl groups is 1. The molecule has 0 bridgehead atoms. The zero-order valence-electron chi connectivity index (χ0n) is 13.8. The second-order valence-electron chi connectivity index (χ2n) is 6.99. The Labute approximate surface area is 137 Å². The van der Waals surface area contributed by atoms with Gasteiger partial charge in [0, 0.05) is 25.7 Å². The molecule has 3 rings (SSSR count). The maximum Gasteiger partial charge on any atom is 0.207 e. The highest BCUT2D eigenvalue weighted by molar-refractivity contribution is 5.51. The Morgan fingerprint density at radius 1 is 1.22 bits per heavy atom. The molecule has 5 nitrogen and oxygen atoms in total. The van der Waals surface area contributed by atoms with E-state index in [1.165, 1.54) is 6.33 Å². The number of hydrogen-bond acceptors (Lipinski definition) is 5. The van der Waals surface area contributed by atoms with Crippen molar-refractivity contribution in [3.05, 3.63) is 12.1 Å². The van der Waals surface area contributed by atoms with E-state index < -0.39 is 0 Å². The lowest BCUT2D eigenvalue weighted by Gasteiger charge is -2.28. The SMILES string of the molecule is C[C@H]1CCCN1c1ncnc(NCC2CCC(CO)CC2)c1F. The maximum atomic E-state index is 14.7. The van der Waals surface area contributed by atoms with Crippen LogP contribution < -0.4 is 10.2 Å². The van der Waals surface area contributed by atoms with Crippen LogP contribution in [0.15, 0.2) is 6.33 Å². The van der Waals surface area contributed by atoms with E-state index in [1.54, 1.807) is 0 Å². The largest absolute Gasteiger partial charge is 0.396 e. The summed E-state index contributed by atoms with van der Waals surface area (Å²) in [6.07, 6.45) is 7.91. The molecule has 0 amide bonds. The molecule has 1 aromatic rings. The van der Waals surface area contributed by atoms with E-state index in [0.29, 0.717) is 29.5 Å². The molecule has 1 aromatic heterocycles. The van der Waals surface area contributed by atoms with Gasteiger partial charge in [-0.05, 0) is 57.3 Å². The van der Waals surface area contributed by atoms with Gasteiger partial charge >= 0.3 is 0 Å². The predicted octanol–water partition coefficient (Wildman–Crippen LogP) is 2.82. The van der Waals surface area contributed by atoms with Gasteiger partial charge in [0.25, 0.3) is 0 Å². The van der Waals surface area contributed by atoms with E-state index in [1.807, 2.05) is 4.90 Å². The van der Waals surface area contributed by atoms with Gasteiger partial charge in [-0.3, -0.25) is 0 Å². The Bertz CT molecular complexity index is 519. The first-order valence-electron chi connectivity index (χ1n) is 8.81. The molecular weight excluding hydrogens is 295 g/mol. The third-order valence-electron chi connectivity index (χ3n) is 5.38. The molecule has 1 atom stereocenters. The standard InChI is InChI=1S/C17H27FN4O/c1-12-3-2-8-22(12)17-15(18)16(20-11-21-17)19-9-13-4-6-14(10-23)7-5-13/h11-14,23H,2-10H2,1H3,(H,19,20,21)/t12-,13?,14?/m0/s1. The predicted molar refractivity (Wildman–Crippen MR) is 89.1 cm³/mol. The van der Waals surface area contributed by atoms with Gasteiger partial charge in [0.2, 0.25) is 5.82 Å². The summed E-state index contributed by atoms with van der Waals surface area (Å²) in [6.45, 7) is 4.00. The van der Waals surface area contributed by atoms with E-state index in [-0.39, 0.29) is 12.4 Å². The van der Waals surface area contributed by atoms with Crippen LogP contribution in [0.25, 0.3) is 0 Å². The Hall–Kier alpha value is -1.43. The highest BCUT2D eigenvalue weighted by Gasteiger charge is 2.26. The topological polar surface area (TPSA) is 61.3 Å². The fourth-order valence-corrected chi connectivity index (χ4v) is 3.79. The molecule has 1 saturated heterocycles. The van der Waals surface area contributed by atoms with Crippen LogP contribution in [-0.2, 0) is 0 Å². The summed E-state index contributed by atoms with van der Waals surface area (Å²) in [5, 5.41) is 12.4. The van der Waals surface area contributed by atoms with Gasteiger partial charge in [0.1, 0.15) is 6.33 Å². The molecule has 0 aromatic carbocycles. The molecule has 2 N–H and O–H groups in total. The van der Waals surface area contributed by atoms with Crippen molar-refractivity contribution in [3.63, 3.8) is 0 Å². The number of aliphatic hydroxyl groups excluding tert-OH is 1. The molecule has 2 heterocycles. The van der Waals surface area contributed by atoms with Crippen LogP contribution in [0.4, 0.5) is 16.0 Å². The highest BCUT2D eigenvalue weighted by atomic mass is 19.1. The van der Waals surface area contributed by atoms with Crippen molar-refractivity contribution in [3.8, 4) is 0 Å². The van der Waals surface area contributed by atoms with E-state index in [4.69, 9.17) is 0 Å². The van der Waals surface area contributed by atoms with Crippen LogP contribution in [0.2, 0.25) is 0 Å². The minimum Gasteiger partial charge on any atom is -0.396 e. The summed E-state index contributed by atoms with van der Waals surface area (Å²) in [5.74, 6) is 1.40. The minimum atomic E-state index is -0.328. The number of halogens is 1. The smallest absolute Gasteiger partial charge is 0.207 e. The molecule has 0 spiro atoms. The van der Waals surface area contributed by atoms with Crippen LogP contribution in [-0.4, -0.2) is 40.8 Å². The summed E-state index contributed by atoms with van der Waals surface area (Å²) < 4.78 is 14.7. The van der Waals surface area contributed by atoms with Gasteiger partial charge in [-0.15, -0.1) is 0 Å². The van der Waals surface area contributed by atoms with Crippen molar-refractivity contribution in [1.82, 2.24) is 9.97 Å². The van der Waals surface area contributed by atoms with Gasteiger partial charge < -0.3 is 15.3 Å². The van der Waals surface area contributed by atoms with Crippen molar-refractivity contribution >= 4 is 11.6 Å². The first-order chi connectivity index (χ1) is 11.2. The monoisotopic (exact) mass is 322 g/mol. The molecule has 2 fully saturated rings. The molecule has 6 heteroatoms. The fourth-order valence-electron chi connectivity index (χ4n) is 3.79. The molecule has 1 aliphatic carbocycles. The van der Waals surface area contributed by atoms with E-state index in [0.717, 1.165) is 51.6 Å². The van der Waals surface area contributed by atoms with E-state index in [2.05, 4.69) is 22.2 Å². The number of nitrogens with zero attached hydrogens (tertiary/aromatic N) is 3. The zero-order chi connectivity index (χ0) is 16.2. The molecule has 0 unspecified atom stereocenters. The number of nitrogens with one attached hydrogen (secondary N) is 1. The normalized spacial score (nSPS) is 28.1. The molecule has 128 valence electrons. The van der Waals surface area contributed by atoms with Crippen LogP contribution in [0.3, 0.4) is 0 Å². The van der Waals surface area contributed by atoms with Crippen LogP contribution in [0.5, 0.6) is 0 Å². The van der Waals surface area contributed by atoms with Gasteiger partial charge in [-0.2, -0.15) is 4.39 Å². The molecular formula is C17H27FN4O. The van der Waals surface area contributed by atoms with E-state index in [9.17, 15) is 9.50 Å². The van der Waals surface area contributed by atoms with Crippen molar-refractivity contribution in [2.75, 3.05) is 29.9 Å². The Morgan fingerprint density at radius 2 is 1.96 bits per heavy atom. The highest BCUT2D eigenvalue weighted by Crippen LogP contribution is 2.30. The first kappa shape index (κ1) is 16.4. The summed E-state index contributed by atoms with van der Waals surface area (Å²) in [5.41, 5.74) is 0. The molecule has 0 radical (unpaired) electrons. The summed E-state index contributed by atoms with van der Waals surface area (Å²) in [7, 11) is 0. The van der Waals surface area contributed by atoms with E-state index >= 15 is 0 Å². The van der Waals surface area contributed by atoms with Crippen molar-refractivity contribution < 1.29 is 9.50 Å². The Morgan fingerprint density at radius 3 is 2.61 bits per heavy atom. The quantitative estimate of drug-likeness (QED) is 0.873. The number of anilines is 2. The van der Waals surface area contributed by atoms with Gasteiger partial charge in [-0.25, -0.2) is 9.97 Å². The van der Waals surface area contributed by atoms with Gasteiger partial charge in [-0.1, -0.05) is 0 Å². The van der Waals surface area contributed by atoms with Crippen molar-refractivity contribution in [2.45, 2.75) is 51.5 Å².